The van der Waals surface area contributed by atoms with Crippen LogP contribution in [0.4, 0.5) is 0 Å². The minimum atomic E-state index is -0.189. The Morgan fingerprint density at radius 1 is 0.306 bits per heavy atom. The second kappa shape index (κ2) is 43.0. The average Bonchev–Trinajstić information content (AvgIpc) is 3.11. The Hall–Kier alpha value is -1.16. The van der Waals surface area contributed by atoms with E-state index < -0.39 is 0 Å². The highest BCUT2D eigenvalue weighted by Gasteiger charge is 2.17. The van der Waals surface area contributed by atoms with Crippen molar-refractivity contribution in [3.63, 3.8) is 0 Å². The van der Waals surface area contributed by atoms with Gasteiger partial charge in [0.25, 0.3) is 0 Å². The molecule has 0 saturated carbocycles. The molecule has 0 aromatic carbocycles. The van der Waals surface area contributed by atoms with Crippen molar-refractivity contribution in [1.29, 1.82) is 0 Å². The predicted octanol–water partition coefficient (Wildman–Crippen LogP) is 15.7. The van der Waals surface area contributed by atoms with Gasteiger partial charge in [-0.2, -0.15) is 0 Å². The smallest absolute Gasteiger partial charge is 0.161 e. The lowest BCUT2D eigenvalue weighted by Gasteiger charge is -2.25. The van der Waals surface area contributed by atoms with Crippen LogP contribution in [-0.4, -0.2) is 25.8 Å². The summed E-state index contributed by atoms with van der Waals surface area (Å²) >= 11 is 0. The first-order chi connectivity index (χ1) is 24.3. The summed E-state index contributed by atoms with van der Waals surface area (Å²) in [4.78, 5) is 0. The van der Waals surface area contributed by atoms with Crippen LogP contribution in [0.5, 0.6) is 0 Å². The van der Waals surface area contributed by atoms with Crippen LogP contribution in [0.3, 0.4) is 0 Å². The molecule has 0 aliphatic rings. The highest BCUT2D eigenvalue weighted by atomic mass is 16.8. The molecule has 0 saturated heterocycles. The van der Waals surface area contributed by atoms with Gasteiger partial charge in [-0.25, -0.2) is 0 Å². The third-order valence-corrected chi connectivity index (χ3v) is 9.14. The van der Waals surface area contributed by atoms with Gasteiger partial charge in [0.2, 0.25) is 0 Å². The third-order valence-electron chi connectivity index (χ3n) is 9.14. The summed E-state index contributed by atoms with van der Waals surface area (Å²) in [7, 11) is 0. The average molecular weight is 687 g/mol. The Morgan fingerprint density at radius 3 is 0.878 bits per heavy atom. The number of rotatable bonds is 40. The van der Waals surface area contributed by atoms with Gasteiger partial charge in [-0.05, 0) is 89.9 Å². The monoisotopic (exact) mass is 687 g/mol. The lowest BCUT2D eigenvalue weighted by Crippen LogP contribution is -2.27. The maximum atomic E-state index is 6.47. The fourth-order valence-corrected chi connectivity index (χ4v) is 5.78. The topological polar surface area (TPSA) is 27.7 Å². The van der Waals surface area contributed by atoms with Gasteiger partial charge in [0, 0.05) is 26.1 Å². The Kier molecular flexibility index (Phi) is 42.0. The zero-order valence-corrected chi connectivity index (χ0v) is 33.6. The van der Waals surface area contributed by atoms with E-state index in [4.69, 9.17) is 14.2 Å². The summed E-state index contributed by atoms with van der Waals surface area (Å²) < 4.78 is 18.9. The van der Waals surface area contributed by atoms with Crippen molar-refractivity contribution >= 4 is 0 Å². The van der Waals surface area contributed by atoms with Crippen molar-refractivity contribution in [3.8, 4) is 0 Å². The lowest BCUT2D eigenvalue weighted by molar-refractivity contribution is -0.248. The van der Waals surface area contributed by atoms with Crippen molar-refractivity contribution in [3.05, 3.63) is 48.6 Å². The Balaban J connectivity index is 4.24. The first-order valence-corrected chi connectivity index (χ1v) is 21.8. The summed E-state index contributed by atoms with van der Waals surface area (Å²) in [6.45, 7) is 10.5. The Morgan fingerprint density at radius 2 is 0.571 bits per heavy atom. The van der Waals surface area contributed by atoms with Crippen LogP contribution in [0.1, 0.15) is 220 Å². The number of allylic oxidation sites excluding steroid dienone is 8. The van der Waals surface area contributed by atoms with E-state index in [0.717, 1.165) is 64.6 Å². The molecule has 0 bridgehead atoms. The number of unbranched alkanes of at least 4 members (excludes halogenated alkanes) is 20. The summed E-state index contributed by atoms with van der Waals surface area (Å²) in [5.41, 5.74) is 0. The van der Waals surface area contributed by atoms with Crippen molar-refractivity contribution < 1.29 is 14.2 Å². The largest absolute Gasteiger partial charge is 0.353 e. The molecule has 0 aliphatic carbocycles. The van der Waals surface area contributed by atoms with Gasteiger partial charge in [-0.15, -0.1) is 0 Å². The molecule has 2 unspecified atom stereocenters. The maximum absolute atomic E-state index is 6.47. The zero-order valence-electron chi connectivity index (χ0n) is 33.6. The second-order valence-corrected chi connectivity index (χ2v) is 14.2. The van der Waals surface area contributed by atoms with E-state index in [1.165, 1.54) is 141 Å². The molecule has 0 aromatic heterocycles. The summed E-state index contributed by atoms with van der Waals surface area (Å²) in [5.74, 6) is 0. The molecule has 0 aromatic rings. The number of hydrogen-bond acceptors (Lipinski definition) is 3. The van der Waals surface area contributed by atoms with E-state index in [1.54, 1.807) is 0 Å². The van der Waals surface area contributed by atoms with Crippen molar-refractivity contribution in [1.82, 2.24) is 0 Å². The van der Waals surface area contributed by atoms with Crippen LogP contribution >= 0.6 is 0 Å². The van der Waals surface area contributed by atoms with E-state index in [2.05, 4.69) is 76.3 Å². The third kappa shape index (κ3) is 39.5. The molecule has 49 heavy (non-hydrogen) atoms. The van der Waals surface area contributed by atoms with Crippen LogP contribution in [0.15, 0.2) is 48.6 Å². The molecule has 3 nitrogen and oxygen atoms in total. The molecule has 0 radical (unpaired) electrons. The molecule has 0 spiro atoms. The molecule has 0 rings (SSSR count). The molecule has 2 atom stereocenters. The first kappa shape index (κ1) is 47.8. The van der Waals surface area contributed by atoms with E-state index in [9.17, 15) is 0 Å². The van der Waals surface area contributed by atoms with E-state index in [0.29, 0.717) is 0 Å². The predicted molar refractivity (Wildman–Crippen MR) is 218 cm³/mol. The molecule has 0 amide bonds. The van der Waals surface area contributed by atoms with Crippen LogP contribution in [-0.2, 0) is 14.2 Å². The summed E-state index contributed by atoms with van der Waals surface area (Å²) in [6.07, 6.45) is 55.8. The van der Waals surface area contributed by atoms with Gasteiger partial charge in [0.1, 0.15) is 0 Å². The highest BCUT2D eigenvalue weighted by Crippen LogP contribution is 2.17. The Labute approximate surface area is 308 Å². The molecule has 288 valence electrons. The zero-order chi connectivity index (χ0) is 35.6. The summed E-state index contributed by atoms with van der Waals surface area (Å²) in [5, 5.41) is 0. The fraction of sp³-hybridized carbons (Fsp3) is 0.826. The van der Waals surface area contributed by atoms with Gasteiger partial charge in [0.15, 0.2) is 12.6 Å². The van der Waals surface area contributed by atoms with Crippen LogP contribution in [0.25, 0.3) is 0 Å². The normalized spacial score (nSPS) is 13.6. The molecular weight excluding hydrogens is 601 g/mol. The summed E-state index contributed by atoms with van der Waals surface area (Å²) in [6, 6.07) is 0. The first-order valence-electron chi connectivity index (χ1n) is 21.8. The minimum absolute atomic E-state index is 0.189. The molecule has 0 N–H and O–H groups in total. The van der Waals surface area contributed by atoms with Gasteiger partial charge in [-0.1, -0.05) is 166 Å². The van der Waals surface area contributed by atoms with Gasteiger partial charge in [-0.3, -0.25) is 0 Å². The van der Waals surface area contributed by atoms with Gasteiger partial charge >= 0.3 is 0 Å². The number of hydrogen-bond donors (Lipinski definition) is 0. The molecule has 0 aliphatic heterocycles. The van der Waals surface area contributed by atoms with Crippen molar-refractivity contribution in [2.24, 2.45) is 0 Å². The fourth-order valence-electron chi connectivity index (χ4n) is 5.78. The standard InChI is InChI=1S/C46H86O3/c1-5-9-13-15-17-19-21-23-25-27-29-31-33-35-37-39-41-45(47-43-11-7-3)49-46(48-44-12-8-4)42-40-38-36-34-32-30-28-26-24-22-20-18-16-14-10-6-2/h15-18,35-38,45-46H,5-14,19-34,39-44H2,1-4H3/b17-15-,18-16-,37-35-,38-36-. The second-order valence-electron chi connectivity index (χ2n) is 14.2. The van der Waals surface area contributed by atoms with Crippen molar-refractivity contribution in [2.75, 3.05) is 13.2 Å². The van der Waals surface area contributed by atoms with Crippen LogP contribution in [0.2, 0.25) is 0 Å². The number of ether oxygens (including phenoxy) is 3. The van der Waals surface area contributed by atoms with Gasteiger partial charge < -0.3 is 14.2 Å². The maximum Gasteiger partial charge on any atom is 0.161 e. The van der Waals surface area contributed by atoms with Crippen LogP contribution in [0, 0.1) is 0 Å². The molecule has 0 heterocycles. The molecule has 3 heteroatoms. The van der Waals surface area contributed by atoms with Crippen molar-refractivity contribution in [2.45, 2.75) is 233 Å². The van der Waals surface area contributed by atoms with E-state index in [-0.39, 0.29) is 12.6 Å². The molecule has 0 fully saturated rings. The van der Waals surface area contributed by atoms with E-state index >= 15 is 0 Å². The molecular formula is C46H86O3. The van der Waals surface area contributed by atoms with Gasteiger partial charge in [0.05, 0.1) is 0 Å². The lowest BCUT2D eigenvalue weighted by atomic mass is 10.1. The Bertz CT molecular complexity index is 664. The minimum Gasteiger partial charge on any atom is -0.353 e. The SMILES string of the molecule is CCCC/C=C\CCCCCCCC/C=C\CCC(OCCCC)OC(CC/C=C\CCCCCCCC/C=C\CCCC)OCCCC. The van der Waals surface area contributed by atoms with Crippen LogP contribution < -0.4 is 0 Å². The van der Waals surface area contributed by atoms with E-state index in [1.807, 2.05) is 0 Å². The quantitative estimate of drug-likeness (QED) is 0.0365. The highest BCUT2D eigenvalue weighted by molar-refractivity contribution is 4.84.